The zero-order valence-electron chi connectivity index (χ0n) is 18.2. The van der Waals surface area contributed by atoms with Gasteiger partial charge in [0.15, 0.2) is 29.8 Å². The van der Waals surface area contributed by atoms with Crippen LogP contribution in [0.2, 0.25) is 0 Å². The average molecular weight is 503 g/mol. The van der Waals surface area contributed by atoms with Crippen LogP contribution in [0.1, 0.15) is 19.0 Å². The molecule has 4 rings (SSSR count). The summed E-state index contributed by atoms with van der Waals surface area (Å²) in [5, 5.41) is 19.7. The number of hydrogen-bond acceptors (Lipinski definition) is 10. The van der Waals surface area contributed by atoms with Gasteiger partial charge in [-0.3, -0.25) is 14.5 Å². The monoisotopic (exact) mass is 502 g/mol. The van der Waals surface area contributed by atoms with Gasteiger partial charge in [-0.05, 0) is 6.42 Å². The number of nitrogen functional groups attached to an aromatic ring is 1. The van der Waals surface area contributed by atoms with Crippen molar-refractivity contribution in [3.8, 4) is 0 Å². The number of rotatable bonds is 9. The molecule has 2 aliphatic rings. The van der Waals surface area contributed by atoms with Gasteiger partial charge in [0.1, 0.15) is 23.7 Å². The molecule has 0 aliphatic carbocycles. The molecular formula is C21H22N6O5S2. The van der Waals surface area contributed by atoms with Gasteiger partial charge in [-0.15, -0.1) is 23.1 Å². The van der Waals surface area contributed by atoms with E-state index in [1.54, 1.807) is 5.38 Å². The Balaban J connectivity index is 1.52. The predicted octanol–water partition coefficient (Wildman–Crippen LogP) is -0.752. The number of pyridine rings is 1. The minimum Gasteiger partial charge on any atom is -0.543 e. The van der Waals surface area contributed by atoms with Crippen LogP contribution in [0.3, 0.4) is 0 Å². The topological polar surface area (TPSA) is 154 Å². The highest BCUT2D eigenvalue weighted by Crippen LogP contribution is 2.40. The number of nitrogens with one attached hydrogen (secondary N) is 1. The highest BCUT2D eigenvalue weighted by atomic mass is 32.2. The highest BCUT2D eigenvalue weighted by molar-refractivity contribution is 8.00. The minimum atomic E-state index is -1.43. The Morgan fingerprint density at radius 2 is 2.15 bits per heavy atom. The van der Waals surface area contributed by atoms with Crippen molar-refractivity contribution in [2.45, 2.75) is 31.3 Å². The van der Waals surface area contributed by atoms with E-state index in [4.69, 9.17) is 10.6 Å². The number of β-lactam (4-membered cyclic amide) rings is 1. The van der Waals surface area contributed by atoms with E-state index >= 15 is 0 Å². The second-order valence-corrected chi connectivity index (χ2v) is 9.49. The summed E-state index contributed by atoms with van der Waals surface area (Å²) in [7, 11) is 0. The normalized spacial score (nSPS) is 20.0. The molecule has 2 aromatic heterocycles. The number of aliphatic carboxylic acids is 1. The van der Waals surface area contributed by atoms with Crippen LogP contribution in [0.4, 0.5) is 5.13 Å². The first-order valence-electron chi connectivity index (χ1n) is 10.4. The van der Waals surface area contributed by atoms with Gasteiger partial charge in [0.25, 0.3) is 11.8 Å². The highest BCUT2D eigenvalue weighted by Gasteiger charge is 2.53. The summed E-state index contributed by atoms with van der Waals surface area (Å²) >= 11 is 2.51. The van der Waals surface area contributed by atoms with Crippen molar-refractivity contribution in [2.75, 3.05) is 18.1 Å². The molecule has 1 fully saturated rings. The van der Waals surface area contributed by atoms with Crippen molar-refractivity contribution in [3.63, 3.8) is 0 Å². The van der Waals surface area contributed by atoms with Gasteiger partial charge in [-0.2, -0.15) is 0 Å². The number of aromatic nitrogens is 2. The maximum atomic E-state index is 13.0. The van der Waals surface area contributed by atoms with E-state index < -0.39 is 29.2 Å². The standard InChI is InChI=1S/C21H22N6O5S2/c1-2-8-32-25-14(13-11-34-21(22)23-13)17(28)24-15-18(29)27-16(20(30)31)12(10-33-19(15)27)9-26-6-4-3-5-7-26/h3-7,11,15,19H,2,8-10H2,1H3,(H3-,22,23,24,28,30,31)/t15?,19-/m1/s1. The van der Waals surface area contributed by atoms with E-state index in [0.717, 1.165) is 11.3 Å². The number of nitrogens with zero attached hydrogens (tertiary/aromatic N) is 4. The Labute approximate surface area is 203 Å². The first-order valence-corrected chi connectivity index (χ1v) is 12.4. The molecule has 0 radical (unpaired) electrons. The fraction of sp³-hybridized carbons (Fsp3) is 0.333. The second-order valence-electron chi connectivity index (χ2n) is 7.49. The van der Waals surface area contributed by atoms with Crippen molar-refractivity contribution in [2.24, 2.45) is 5.16 Å². The number of anilines is 1. The SMILES string of the molecule is CCCON=C(C(=O)NC1C(=O)N2C(C(=O)[O-])=C(C[n+]3ccccc3)CS[C@H]12)c1csc(N)n1. The van der Waals surface area contributed by atoms with Crippen molar-refractivity contribution in [1.29, 1.82) is 0 Å². The third-order valence-electron chi connectivity index (χ3n) is 5.11. The quantitative estimate of drug-likeness (QED) is 0.149. The summed E-state index contributed by atoms with van der Waals surface area (Å²) in [5.74, 6) is -2.26. The molecule has 3 N–H and O–H groups in total. The zero-order valence-corrected chi connectivity index (χ0v) is 19.8. The van der Waals surface area contributed by atoms with Gasteiger partial charge in [0, 0.05) is 28.8 Å². The summed E-state index contributed by atoms with van der Waals surface area (Å²) in [6.07, 6.45) is 4.31. The van der Waals surface area contributed by atoms with Crippen LogP contribution in [-0.4, -0.2) is 57.2 Å². The molecule has 0 saturated carbocycles. The van der Waals surface area contributed by atoms with E-state index in [0.29, 0.717) is 30.9 Å². The maximum absolute atomic E-state index is 13.0. The Bertz CT molecular complexity index is 1170. The molecule has 4 heterocycles. The van der Waals surface area contributed by atoms with E-state index in [9.17, 15) is 19.5 Å². The third kappa shape index (κ3) is 4.75. The molecule has 178 valence electrons. The molecule has 0 spiro atoms. The van der Waals surface area contributed by atoms with Gasteiger partial charge in [0.05, 0.1) is 11.7 Å². The summed E-state index contributed by atoms with van der Waals surface area (Å²) in [6.45, 7) is 2.50. The van der Waals surface area contributed by atoms with Crippen LogP contribution < -0.4 is 20.7 Å². The van der Waals surface area contributed by atoms with E-state index in [2.05, 4.69) is 15.5 Å². The van der Waals surface area contributed by atoms with Crippen LogP contribution in [0.15, 0.2) is 52.4 Å². The molecule has 0 bridgehead atoms. The first kappa shape index (κ1) is 23.7. The number of thiazole rings is 1. The number of thioether (sulfide) groups is 1. The van der Waals surface area contributed by atoms with Crippen LogP contribution in [-0.2, 0) is 25.8 Å². The number of carboxylic acids is 1. The Morgan fingerprint density at radius 3 is 2.79 bits per heavy atom. The molecule has 2 aromatic rings. The van der Waals surface area contributed by atoms with Gasteiger partial charge in [-0.1, -0.05) is 18.1 Å². The molecule has 11 nitrogen and oxygen atoms in total. The number of nitrogens with two attached hydrogens (primary N) is 1. The molecule has 2 aliphatic heterocycles. The Hall–Kier alpha value is -3.45. The molecule has 34 heavy (non-hydrogen) atoms. The molecule has 0 aromatic carbocycles. The first-order chi connectivity index (χ1) is 16.4. The number of carbonyl (C=O) groups excluding carboxylic acids is 3. The number of carboxylic acid groups (broad SMARTS) is 1. The molecule has 2 atom stereocenters. The minimum absolute atomic E-state index is 0.106. The fourth-order valence-electron chi connectivity index (χ4n) is 3.57. The van der Waals surface area contributed by atoms with Crippen molar-refractivity contribution >= 4 is 51.7 Å². The number of amides is 2. The summed E-state index contributed by atoms with van der Waals surface area (Å²) in [4.78, 5) is 48.3. The van der Waals surface area contributed by atoms with Crippen molar-refractivity contribution in [3.05, 3.63) is 52.9 Å². The van der Waals surface area contributed by atoms with Crippen molar-refractivity contribution < 1.29 is 28.9 Å². The van der Waals surface area contributed by atoms with Gasteiger partial charge in [0.2, 0.25) is 0 Å². The zero-order chi connectivity index (χ0) is 24.2. The number of fused-ring (bicyclic) bond motifs is 1. The number of oxime groups is 1. The summed E-state index contributed by atoms with van der Waals surface area (Å²) in [6, 6.07) is 4.59. The molecular weight excluding hydrogens is 480 g/mol. The number of hydrogen-bond donors (Lipinski definition) is 2. The second kappa shape index (κ2) is 10.2. The predicted molar refractivity (Wildman–Crippen MR) is 123 cm³/mol. The molecule has 1 unspecified atom stereocenters. The molecule has 2 amide bonds. The van der Waals surface area contributed by atoms with Gasteiger partial charge < -0.3 is 25.8 Å². The Morgan fingerprint density at radius 1 is 1.38 bits per heavy atom. The summed E-state index contributed by atoms with van der Waals surface area (Å²) < 4.78 is 1.82. The van der Waals surface area contributed by atoms with E-state index in [-0.39, 0.29) is 22.2 Å². The summed E-state index contributed by atoms with van der Waals surface area (Å²) in [5.41, 5.74) is 6.21. The lowest BCUT2D eigenvalue weighted by Gasteiger charge is -2.50. The van der Waals surface area contributed by atoms with Gasteiger partial charge in [-0.25, -0.2) is 9.55 Å². The van der Waals surface area contributed by atoms with Crippen LogP contribution in [0.25, 0.3) is 0 Å². The van der Waals surface area contributed by atoms with Crippen LogP contribution in [0, 0.1) is 0 Å². The fourth-order valence-corrected chi connectivity index (χ4v) is 5.45. The molecule has 13 heteroatoms. The van der Waals surface area contributed by atoms with Gasteiger partial charge >= 0.3 is 0 Å². The average Bonchev–Trinajstić information content (AvgIpc) is 3.26. The van der Waals surface area contributed by atoms with E-state index in [1.807, 2.05) is 42.1 Å². The smallest absolute Gasteiger partial charge is 0.276 e. The largest absolute Gasteiger partial charge is 0.543 e. The molecule has 1 saturated heterocycles. The number of carbonyl (C=O) groups is 3. The lowest BCUT2D eigenvalue weighted by atomic mass is 10.0. The lowest BCUT2D eigenvalue weighted by Crippen LogP contribution is -2.71. The third-order valence-corrected chi connectivity index (χ3v) is 7.12. The lowest BCUT2D eigenvalue weighted by molar-refractivity contribution is -0.689. The van der Waals surface area contributed by atoms with Crippen LogP contribution >= 0.6 is 23.1 Å². The maximum Gasteiger partial charge on any atom is 0.276 e. The van der Waals surface area contributed by atoms with Crippen LogP contribution in [0.5, 0.6) is 0 Å². The van der Waals surface area contributed by atoms with E-state index in [1.165, 1.54) is 16.7 Å². The Kier molecular flexibility index (Phi) is 7.12. The van der Waals surface area contributed by atoms with Crippen molar-refractivity contribution in [1.82, 2.24) is 15.2 Å².